The van der Waals surface area contributed by atoms with Gasteiger partial charge in [-0.05, 0) is 66.3 Å². The fraction of sp³-hybridized carbons (Fsp3) is 0.500. The highest BCUT2D eigenvalue weighted by Gasteiger charge is 2.13. The first-order chi connectivity index (χ1) is 17.2. The van der Waals surface area contributed by atoms with Crippen molar-refractivity contribution >= 4 is 28.5 Å². The van der Waals surface area contributed by atoms with Crippen molar-refractivity contribution in [1.29, 1.82) is 5.26 Å². The number of benzene rings is 2. The Morgan fingerprint density at radius 2 is 1.51 bits per heavy atom. The molecule has 1 aliphatic rings. The highest BCUT2D eigenvalue weighted by molar-refractivity contribution is 5.98. The van der Waals surface area contributed by atoms with Gasteiger partial charge in [-0.15, -0.1) is 0 Å². The Balaban J connectivity index is 1.43. The molecule has 0 amide bonds. The van der Waals surface area contributed by atoms with Crippen molar-refractivity contribution in [1.82, 2.24) is 0 Å². The zero-order chi connectivity index (χ0) is 24.7. The number of nitrogens with zero attached hydrogens (tertiary/aromatic N) is 2. The molecule has 0 spiro atoms. The fourth-order valence-corrected chi connectivity index (χ4v) is 3.95. The van der Waals surface area contributed by atoms with Crippen LogP contribution in [0, 0.1) is 11.3 Å². The predicted molar refractivity (Wildman–Crippen MR) is 137 cm³/mol. The SMILES string of the molecule is CCCOCCOCCOCCOC(=O)/C(C#N)=C/c1ccc2cc(N3CCCCC3)ccc2c1. The van der Waals surface area contributed by atoms with E-state index in [1.165, 1.54) is 24.9 Å². The lowest BCUT2D eigenvalue weighted by molar-refractivity contribution is -0.140. The molecule has 35 heavy (non-hydrogen) atoms. The van der Waals surface area contributed by atoms with Gasteiger partial charge in [0.2, 0.25) is 0 Å². The minimum Gasteiger partial charge on any atom is -0.459 e. The van der Waals surface area contributed by atoms with Crippen molar-refractivity contribution in [3.8, 4) is 6.07 Å². The lowest BCUT2D eigenvalue weighted by atomic mass is 10.0. The second-order valence-corrected chi connectivity index (χ2v) is 8.48. The summed E-state index contributed by atoms with van der Waals surface area (Å²) in [6, 6.07) is 14.3. The molecule has 0 aliphatic carbocycles. The topological polar surface area (TPSA) is 81.0 Å². The Morgan fingerprint density at radius 3 is 2.20 bits per heavy atom. The molecule has 0 aromatic heterocycles. The molecule has 1 heterocycles. The molecule has 3 rings (SSSR count). The first kappa shape index (κ1) is 26.7. The molecular weight excluding hydrogens is 444 g/mol. The summed E-state index contributed by atoms with van der Waals surface area (Å²) in [4.78, 5) is 14.7. The van der Waals surface area contributed by atoms with Crippen molar-refractivity contribution in [2.75, 3.05) is 64.2 Å². The van der Waals surface area contributed by atoms with Crippen LogP contribution in [0.1, 0.15) is 38.2 Å². The zero-order valence-corrected chi connectivity index (χ0v) is 20.7. The standard InChI is InChI=1S/C28H36N2O5/c1-2-12-32-13-14-33-15-16-34-17-18-35-28(31)26(22-29)20-23-6-7-25-21-27(9-8-24(25)19-23)30-10-4-3-5-11-30/h6-9,19-21H,2-5,10-18H2,1H3/b26-20+. The Bertz CT molecular complexity index is 1010. The molecule has 0 bridgehead atoms. The van der Waals surface area contributed by atoms with Gasteiger partial charge in [0.25, 0.3) is 0 Å². The second-order valence-electron chi connectivity index (χ2n) is 8.48. The molecule has 0 saturated carbocycles. The average molecular weight is 481 g/mol. The van der Waals surface area contributed by atoms with Crippen LogP contribution >= 0.6 is 0 Å². The zero-order valence-electron chi connectivity index (χ0n) is 20.7. The maximum absolute atomic E-state index is 12.3. The van der Waals surface area contributed by atoms with E-state index in [4.69, 9.17) is 18.9 Å². The number of fused-ring (bicyclic) bond motifs is 1. The number of piperidine rings is 1. The third-order valence-electron chi connectivity index (χ3n) is 5.77. The van der Waals surface area contributed by atoms with E-state index < -0.39 is 5.97 Å². The number of hydrogen-bond acceptors (Lipinski definition) is 7. The number of nitriles is 1. The lowest BCUT2D eigenvalue weighted by Gasteiger charge is -2.29. The maximum atomic E-state index is 12.3. The molecule has 2 aromatic carbocycles. The van der Waals surface area contributed by atoms with E-state index in [2.05, 4.69) is 30.0 Å². The van der Waals surface area contributed by atoms with Crippen LogP contribution in [0.5, 0.6) is 0 Å². The number of carbonyl (C=O) groups excluding carboxylic acids is 1. The van der Waals surface area contributed by atoms with E-state index in [0.717, 1.165) is 42.5 Å². The molecule has 1 saturated heterocycles. The van der Waals surface area contributed by atoms with Gasteiger partial charge in [0.05, 0.1) is 33.0 Å². The molecule has 2 aromatic rings. The summed E-state index contributed by atoms with van der Waals surface area (Å²) < 4.78 is 21.3. The first-order valence-corrected chi connectivity index (χ1v) is 12.5. The minimum absolute atomic E-state index is 0.0373. The van der Waals surface area contributed by atoms with Crippen molar-refractivity contribution < 1.29 is 23.7 Å². The third-order valence-corrected chi connectivity index (χ3v) is 5.77. The van der Waals surface area contributed by atoms with Crippen molar-refractivity contribution in [3.63, 3.8) is 0 Å². The fourth-order valence-electron chi connectivity index (χ4n) is 3.95. The van der Waals surface area contributed by atoms with Crippen LogP contribution < -0.4 is 4.90 Å². The molecule has 0 radical (unpaired) electrons. The minimum atomic E-state index is -0.652. The monoisotopic (exact) mass is 480 g/mol. The molecule has 0 atom stereocenters. The predicted octanol–water partition coefficient (Wildman–Crippen LogP) is 4.74. The molecule has 1 aliphatic heterocycles. The van der Waals surface area contributed by atoms with Gasteiger partial charge >= 0.3 is 5.97 Å². The van der Waals surface area contributed by atoms with Crippen molar-refractivity contribution in [3.05, 3.63) is 47.5 Å². The van der Waals surface area contributed by atoms with E-state index in [1.807, 2.05) is 24.3 Å². The maximum Gasteiger partial charge on any atom is 0.348 e. The largest absolute Gasteiger partial charge is 0.459 e. The summed E-state index contributed by atoms with van der Waals surface area (Å²) in [6.45, 7) is 7.30. The molecule has 188 valence electrons. The normalized spacial score (nSPS) is 14.2. The molecule has 0 N–H and O–H groups in total. The number of hydrogen-bond donors (Lipinski definition) is 0. The van der Waals surface area contributed by atoms with Crippen LogP contribution in [0.4, 0.5) is 5.69 Å². The third kappa shape index (κ3) is 8.99. The van der Waals surface area contributed by atoms with Gasteiger partial charge in [0, 0.05) is 25.4 Å². The number of anilines is 1. The highest BCUT2D eigenvalue weighted by Crippen LogP contribution is 2.26. The molecule has 1 fully saturated rings. The Hall–Kier alpha value is -2.92. The van der Waals surface area contributed by atoms with Crippen LogP contribution in [0.2, 0.25) is 0 Å². The average Bonchev–Trinajstić information content (AvgIpc) is 2.90. The van der Waals surface area contributed by atoms with E-state index in [9.17, 15) is 10.1 Å². The van der Waals surface area contributed by atoms with Crippen LogP contribution in [-0.2, 0) is 23.7 Å². The number of carbonyl (C=O) groups is 1. The highest BCUT2D eigenvalue weighted by atomic mass is 16.6. The molecular formula is C28H36N2O5. The summed E-state index contributed by atoms with van der Waals surface area (Å²) in [7, 11) is 0. The Morgan fingerprint density at radius 1 is 0.886 bits per heavy atom. The number of ether oxygens (including phenoxy) is 4. The molecule has 0 unspecified atom stereocenters. The van der Waals surface area contributed by atoms with E-state index in [0.29, 0.717) is 26.4 Å². The van der Waals surface area contributed by atoms with Gasteiger partial charge in [-0.1, -0.05) is 25.1 Å². The molecule has 7 nitrogen and oxygen atoms in total. The van der Waals surface area contributed by atoms with Crippen molar-refractivity contribution in [2.24, 2.45) is 0 Å². The number of esters is 1. The Labute approximate surface area is 208 Å². The smallest absolute Gasteiger partial charge is 0.348 e. The first-order valence-electron chi connectivity index (χ1n) is 12.5. The summed E-state index contributed by atoms with van der Waals surface area (Å²) in [6.07, 6.45) is 6.34. The van der Waals surface area contributed by atoms with Gasteiger partial charge in [-0.3, -0.25) is 0 Å². The molecule has 7 heteroatoms. The van der Waals surface area contributed by atoms with E-state index >= 15 is 0 Å². The summed E-state index contributed by atoms with van der Waals surface area (Å²) >= 11 is 0. The number of rotatable bonds is 14. The second kappa shape index (κ2) is 15.2. The van der Waals surface area contributed by atoms with Crippen LogP contribution in [0.15, 0.2) is 42.0 Å². The summed E-state index contributed by atoms with van der Waals surface area (Å²) in [5.74, 6) is -0.652. The van der Waals surface area contributed by atoms with E-state index in [-0.39, 0.29) is 18.8 Å². The van der Waals surface area contributed by atoms with E-state index in [1.54, 1.807) is 6.08 Å². The summed E-state index contributed by atoms with van der Waals surface area (Å²) in [5, 5.41) is 11.7. The van der Waals surface area contributed by atoms with Gasteiger partial charge in [-0.25, -0.2) is 4.79 Å². The van der Waals surface area contributed by atoms with Crippen LogP contribution in [-0.4, -0.2) is 65.3 Å². The van der Waals surface area contributed by atoms with Gasteiger partial charge in [0.1, 0.15) is 18.2 Å². The summed E-state index contributed by atoms with van der Waals surface area (Å²) in [5.41, 5.74) is 1.99. The quantitative estimate of drug-likeness (QED) is 0.167. The van der Waals surface area contributed by atoms with Crippen LogP contribution in [0.3, 0.4) is 0 Å². The van der Waals surface area contributed by atoms with Gasteiger partial charge < -0.3 is 23.8 Å². The van der Waals surface area contributed by atoms with Gasteiger partial charge in [-0.2, -0.15) is 5.26 Å². The van der Waals surface area contributed by atoms with Gasteiger partial charge in [0.15, 0.2) is 0 Å². The van der Waals surface area contributed by atoms with Crippen molar-refractivity contribution in [2.45, 2.75) is 32.6 Å². The Kier molecular flexibility index (Phi) is 11.6. The lowest BCUT2D eigenvalue weighted by Crippen LogP contribution is -2.29. The van der Waals surface area contributed by atoms with Crippen LogP contribution in [0.25, 0.3) is 16.8 Å².